The van der Waals surface area contributed by atoms with Crippen LogP contribution >= 0.6 is 0 Å². The fraction of sp³-hybridized carbons (Fsp3) is 0.737. The van der Waals surface area contributed by atoms with Gasteiger partial charge in [-0.05, 0) is 56.4 Å². The molecule has 3 saturated carbocycles. The highest BCUT2D eigenvalue weighted by molar-refractivity contribution is 5.80. The molecule has 0 aromatic carbocycles. The Hall–Kier alpha value is -1.65. The lowest BCUT2D eigenvalue weighted by molar-refractivity contribution is -0.125. The second-order valence-corrected chi connectivity index (χ2v) is 8.28. The third-order valence-electron chi connectivity index (χ3n) is 6.57. The number of hydrogen-bond acceptors (Lipinski definition) is 4. The molecule has 128 valence electrons. The Morgan fingerprint density at radius 3 is 2.83 bits per heavy atom. The first-order chi connectivity index (χ1) is 11.8. The SMILES string of the molecule is O=C(N[C@@H]1C[C@@H]2CC[C@H]1C2)[C@@H]1CCN(c2nccc(C3CC3)n2)C1. The molecule has 1 aliphatic heterocycles. The number of hydrogen-bond donors (Lipinski definition) is 1. The standard InChI is InChI=1S/C19H26N4O/c24-18(21-17-10-12-1-2-14(17)9-12)15-6-8-23(11-15)19-20-7-5-16(22-19)13-3-4-13/h5,7,12-15,17H,1-4,6,8-11H2,(H,21,24)/t12-,14+,15-,17-/m1/s1. The van der Waals surface area contributed by atoms with E-state index in [0.717, 1.165) is 37.3 Å². The van der Waals surface area contributed by atoms with Crippen LogP contribution < -0.4 is 10.2 Å². The summed E-state index contributed by atoms with van der Waals surface area (Å²) < 4.78 is 0. The van der Waals surface area contributed by atoms with Gasteiger partial charge in [0.05, 0.1) is 5.92 Å². The molecule has 2 bridgehead atoms. The van der Waals surface area contributed by atoms with E-state index in [1.165, 1.54) is 44.2 Å². The van der Waals surface area contributed by atoms with Gasteiger partial charge < -0.3 is 10.2 Å². The van der Waals surface area contributed by atoms with Crippen LogP contribution in [0.3, 0.4) is 0 Å². The summed E-state index contributed by atoms with van der Waals surface area (Å²) in [7, 11) is 0. The first-order valence-corrected chi connectivity index (χ1v) is 9.64. The van der Waals surface area contributed by atoms with Crippen molar-refractivity contribution in [3.05, 3.63) is 18.0 Å². The molecule has 24 heavy (non-hydrogen) atoms. The highest BCUT2D eigenvalue weighted by Crippen LogP contribution is 2.44. The number of amides is 1. The van der Waals surface area contributed by atoms with Crippen molar-refractivity contribution in [3.63, 3.8) is 0 Å². The zero-order valence-electron chi connectivity index (χ0n) is 14.2. The maximum Gasteiger partial charge on any atom is 0.225 e. The van der Waals surface area contributed by atoms with E-state index in [1.807, 2.05) is 12.3 Å². The van der Waals surface area contributed by atoms with Gasteiger partial charge in [-0.1, -0.05) is 6.42 Å². The third kappa shape index (κ3) is 2.68. The van der Waals surface area contributed by atoms with E-state index in [1.54, 1.807) is 0 Å². The van der Waals surface area contributed by atoms with Gasteiger partial charge >= 0.3 is 0 Å². The zero-order chi connectivity index (χ0) is 16.1. The van der Waals surface area contributed by atoms with E-state index in [-0.39, 0.29) is 11.8 Å². The Kier molecular flexibility index (Phi) is 3.49. The van der Waals surface area contributed by atoms with E-state index in [4.69, 9.17) is 4.98 Å². The number of fused-ring (bicyclic) bond motifs is 2. The normalized spacial score (nSPS) is 34.8. The van der Waals surface area contributed by atoms with E-state index >= 15 is 0 Å². The van der Waals surface area contributed by atoms with Gasteiger partial charge in [0.15, 0.2) is 0 Å². The minimum absolute atomic E-state index is 0.0947. The van der Waals surface area contributed by atoms with Crippen LogP contribution in [0.4, 0.5) is 5.95 Å². The molecule has 2 heterocycles. The number of carbonyl (C=O) groups excluding carboxylic acids is 1. The Labute approximate surface area is 143 Å². The summed E-state index contributed by atoms with van der Waals surface area (Å²) >= 11 is 0. The van der Waals surface area contributed by atoms with Crippen molar-refractivity contribution in [2.75, 3.05) is 18.0 Å². The van der Waals surface area contributed by atoms with Crippen molar-refractivity contribution >= 4 is 11.9 Å². The fourth-order valence-electron chi connectivity index (χ4n) is 5.00. The highest BCUT2D eigenvalue weighted by Gasteiger charge is 2.41. The van der Waals surface area contributed by atoms with Gasteiger partial charge in [0.1, 0.15) is 0 Å². The van der Waals surface area contributed by atoms with Gasteiger partial charge in [-0.2, -0.15) is 0 Å². The lowest BCUT2D eigenvalue weighted by Crippen LogP contribution is -2.42. The van der Waals surface area contributed by atoms with Gasteiger partial charge in [0, 0.05) is 36.9 Å². The Morgan fingerprint density at radius 1 is 1.17 bits per heavy atom. The number of anilines is 1. The third-order valence-corrected chi connectivity index (χ3v) is 6.57. The molecule has 5 heteroatoms. The van der Waals surface area contributed by atoms with Crippen LogP contribution in [0.1, 0.15) is 56.6 Å². The summed E-state index contributed by atoms with van der Waals surface area (Å²) in [4.78, 5) is 24.0. The monoisotopic (exact) mass is 326 g/mol. The molecule has 1 amide bonds. The zero-order valence-corrected chi connectivity index (χ0v) is 14.2. The lowest BCUT2D eigenvalue weighted by atomic mass is 9.94. The van der Waals surface area contributed by atoms with Crippen molar-refractivity contribution < 1.29 is 4.79 Å². The van der Waals surface area contributed by atoms with Gasteiger partial charge in [-0.3, -0.25) is 4.79 Å². The van der Waals surface area contributed by atoms with Crippen LogP contribution in [-0.4, -0.2) is 35.0 Å². The number of nitrogens with zero attached hydrogens (tertiary/aromatic N) is 3. The second-order valence-electron chi connectivity index (χ2n) is 8.28. The molecule has 5 rings (SSSR count). The first-order valence-electron chi connectivity index (χ1n) is 9.64. The summed E-state index contributed by atoms with van der Waals surface area (Å²) in [6, 6.07) is 2.48. The van der Waals surface area contributed by atoms with Crippen LogP contribution in [0.25, 0.3) is 0 Å². The smallest absolute Gasteiger partial charge is 0.225 e. The summed E-state index contributed by atoms with van der Waals surface area (Å²) in [5, 5.41) is 3.36. The molecule has 1 aromatic rings. The summed E-state index contributed by atoms with van der Waals surface area (Å²) in [6.45, 7) is 1.66. The maximum absolute atomic E-state index is 12.7. The lowest BCUT2D eigenvalue weighted by Gasteiger charge is -2.24. The molecule has 1 N–H and O–H groups in total. The molecule has 3 aliphatic carbocycles. The van der Waals surface area contributed by atoms with E-state index < -0.39 is 0 Å². The average molecular weight is 326 g/mol. The molecule has 0 radical (unpaired) electrons. The summed E-state index contributed by atoms with van der Waals surface area (Å²) in [6.07, 6.45) is 10.5. The van der Waals surface area contributed by atoms with Crippen molar-refractivity contribution in [1.29, 1.82) is 0 Å². The van der Waals surface area contributed by atoms with Crippen LogP contribution in [-0.2, 0) is 4.79 Å². The van der Waals surface area contributed by atoms with Gasteiger partial charge in [0.25, 0.3) is 0 Å². The summed E-state index contributed by atoms with van der Waals surface area (Å²) in [5.41, 5.74) is 1.18. The highest BCUT2D eigenvalue weighted by atomic mass is 16.2. The molecule has 4 atom stereocenters. The van der Waals surface area contributed by atoms with Crippen LogP contribution in [0.15, 0.2) is 12.3 Å². The largest absolute Gasteiger partial charge is 0.353 e. The Bertz CT molecular complexity index is 644. The molecule has 4 fully saturated rings. The quantitative estimate of drug-likeness (QED) is 0.923. The molecule has 0 unspecified atom stereocenters. The molecule has 4 aliphatic rings. The average Bonchev–Trinajstić information content (AvgIpc) is 3.02. The molecule has 1 saturated heterocycles. The molecular formula is C19H26N4O. The molecule has 5 nitrogen and oxygen atoms in total. The van der Waals surface area contributed by atoms with E-state index in [9.17, 15) is 4.79 Å². The molecule has 1 aromatic heterocycles. The van der Waals surface area contributed by atoms with Crippen molar-refractivity contribution in [1.82, 2.24) is 15.3 Å². The second kappa shape index (κ2) is 5.71. The number of carbonyl (C=O) groups is 1. The van der Waals surface area contributed by atoms with Gasteiger partial charge in [0.2, 0.25) is 11.9 Å². The van der Waals surface area contributed by atoms with E-state index in [0.29, 0.717) is 12.0 Å². The number of aromatic nitrogens is 2. The molecule has 0 spiro atoms. The van der Waals surface area contributed by atoms with Crippen molar-refractivity contribution in [2.24, 2.45) is 17.8 Å². The fourth-order valence-corrected chi connectivity index (χ4v) is 5.00. The maximum atomic E-state index is 12.7. The number of nitrogens with one attached hydrogen (secondary N) is 1. The van der Waals surface area contributed by atoms with E-state index in [2.05, 4.69) is 15.2 Å². The van der Waals surface area contributed by atoms with Crippen molar-refractivity contribution in [3.8, 4) is 0 Å². The topological polar surface area (TPSA) is 58.1 Å². The number of rotatable bonds is 4. The minimum atomic E-state index is 0.0947. The Balaban J connectivity index is 1.20. The van der Waals surface area contributed by atoms with Crippen LogP contribution in [0, 0.1) is 17.8 Å². The Morgan fingerprint density at radius 2 is 2.08 bits per heavy atom. The van der Waals surface area contributed by atoms with Crippen molar-refractivity contribution in [2.45, 2.75) is 56.9 Å². The molecular weight excluding hydrogens is 300 g/mol. The summed E-state index contributed by atoms with van der Waals surface area (Å²) in [5.74, 6) is 3.43. The van der Waals surface area contributed by atoms with Crippen LogP contribution in [0.2, 0.25) is 0 Å². The first kappa shape index (κ1) is 14.7. The minimum Gasteiger partial charge on any atom is -0.353 e. The predicted molar refractivity (Wildman–Crippen MR) is 91.7 cm³/mol. The van der Waals surface area contributed by atoms with Crippen LogP contribution in [0.5, 0.6) is 0 Å². The predicted octanol–water partition coefficient (Wildman–Crippen LogP) is 2.49. The van der Waals surface area contributed by atoms with Gasteiger partial charge in [-0.25, -0.2) is 9.97 Å². The van der Waals surface area contributed by atoms with Gasteiger partial charge in [-0.15, -0.1) is 0 Å².